The van der Waals surface area contributed by atoms with Gasteiger partial charge < -0.3 is 24.1 Å². The van der Waals surface area contributed by atoms with E-state index in [1.807, 2.05) is 26.0 Å². The van der Waals surface area contributed by atoms with Crippen molar-refractivity contribution in [3.63, 3.8) is 0 Å². The van der Waals surface area contributed by atoms with Crippen molar-refractivity contribution in [1.82, 2.24) is 4.90 Å². The van der Waals surface area contributed by atoms with Crippen LogP contribution in [0, 0.1) is 13.8 Å². The fraction of sp³-hybridized carbons (Fsp3) is 0.417. The minimum absolute atomic E-state index is 0.0851. The Morgan fingerprint density at radius 3 is 2.45 bits per heavy atom. The van der Waals surface area contributed by atoms with Crippen molar-refractivity contribution in [3.05, 3.63) is 64.6 Å². The number of nitrogens with zero attached hydrogens (tertiary/aromatic N) is 1. The van der Waals surface area contributed by atoms with Gasteiger partial charge in [-0.2, -0.15) is 0 Å². The third-order valence-electron chi connectivity index (χ3n) is 6.02. The molecule has 0 saturated carbocycles. The second-order valence-electron chi connectivity index (χ2n) is 8.27. The third kappa shape index (κ3) is 4.43. The number of hydrogen-bond acceptors (Lipinski definition) is 5. The van der Waals surface area contributed by atoms with Crippen LogP contribution in [0.5, 0.6) is 0 Å². The van der Waals surface area contributed by atoms with Crippen LogP contribution in [0.25, 0.3) is 5.76 Å². The number of ether oxygens (including phenoxy) is 1. The molecule has 4 rings (SSSR count). The number of amides is 1. The number of nitrogens with one attached hydrogen (secondary N) is 1. The Morgan fingerprint density at radius 1 is 1.10 bits per heavy atom. The molecular weight excluding hydrogens is 396 g/mol. The first-order valence-corrected chi connectivity index (χ1v) is 10.8. The lowest BCUT2D eigenvalue weighted by atomic mass is 9.99. The third-order valence-corrected chi connectivity index (χ3v) is 6.02. The van der Waals surface area contributed by atoms with Gasteiger partial charge in [0.2, 0.25) is 0 Å². The highest BCUT2D eigenvalue weighted by molar-refractivity contribution is 6.46. The lowest BCUT2D eigenvalue weighted by molar-refractivity contribution is -0.908. The number of quaternary nitrogens is 1. The maximum atomic E-state index is 13.0. The lowest BCUT2D eigenvalue weighted by Crippen LogP contribution is -3.14. The molecule has 1 amide bonds. The molecule has 7 nitrogen and oxygen atoms in total. The Balaban J connectivity index is 1.64. The highest BCUT2D eigenvalue weighted by atomic mass is 16.5. The normalized spacial score (nSPS) is 21.7. The van der Waals surface area contributed by atoms with Crippen LogP contribution in [0.2, 0.25) is 0 Å². The zero-order valence-corrected chi connectivity index (χ0v) is 18.0. The molecule has 1 aromatic carbocycles. The Labute approximate surface area is 181 Å². The number of carbonyl (C=O) groups is 2. The molecule has 0 radical (unpaired) electrons. The van der Waals surface area contributed by atoms with E-state index in [9.17, 15) is 14.7 Å². The molecule has 0 unspecified atom stereocenters. The average Bonchev–Trinajstić information content (AvgIpc) is 3.30. The van der Waals surface area contributed by atoms with Crippen LogP contribution in [0.4, 0.5) is 0 Å². The van der Waals surface area contributed by atoms with Gasteiger partial charge in [-0.25, -0.2) is 0 Å². The van der Waals surface area contributed by atoms with Crippen LogP contribution in [0.3, 0.4) is 0 Å². The Morgan fingerprint density at radius 2 is 1.81 bits per heavy atom. The molecule has 7 heteroatoms. The molecule has 2 aromatic rings. The maximum Gasteiger partial charge on any atom is 0.295 e. The molecule has 164 valence electrons. The van der Waals surface area contributed by atoms with Gasteiger partial charge in [0, 0.05) is 18.5 Å². The van der Waals surface area contributed by atoms with E-state index in [-0.39, 0.29) is 11.3 Å². The molecule has 1 atom stereocenters. The molecule has 2 fully saturated rings. The number of furan rings is 1. The number of aryl methyl sites for hydroxylation is 2. The first-order chi connectivity index (χ1) is 15.0. The number of aliphatic hydroxyl groups excluding tert-OH is 1. The summed E-state index contributed by atoms with van der Waals surface area (Å²) in [4.78, 5) is 28.9. The smallest absolute Gasteiger partial charge is 0.295 e. The van der Waals surface area contributed by atoms with Gasteiger partial charge in [-0.1, -0.05) is 29.8 Å². The fourth-order valence-electron chi connectivity index (χ4n) is 4.28. The highest BCUT2D eigenvalue weighted by Crippen LogP contribution is 2.40. The topological polar surface area (TPSA) is 84.4 Å². The van der Waals surface area contributed by atoms with E-state index >= 15 is 0 Å². The van der Waals surface area contributed by atoms with Gasteiger partial charge >= 0.3 is 0 Å². The van der Waals surface area contributed by atoms with Crippen LogP contribution in [0.15, 0.2) is 46.4 Å². The van der Waals surface area contributed by atoms with Crippen LogP contribution < -0.4 is 4.90 Å². The first-order valence-electron chi connectivity index (χ1n) is 10.8. The minimum atomic E-state index is -0.727. The van der Waals surface area contributed by atoms with E-state index in [1.54, 1.807) is 29.2 Å². The van der Waals surface area contributed by atoms with Gasteiger partial charge in [-0.15, -0.1) is 0 Å². The Hall–Kier alpha value is -2.90. The number of benzene rings is 1. The Kier molecular flexibility index (Phi) is 6.25. The summed E-state index contributed by atoms with van der Waals surface area (Å²) >= 11 is 0. The largest absolute Gasteiger partial charge is 0.507 e. The number of morpholine rings is 1. The summed E-state index contributed by atoms with van der Waals surface area (Å²) in [5.74, 6) is -0.253. The molecule has 0 bridgehead atoms. The number of ketones is 1. The quantitative estimate of drug-likeness (QED) is 0.418. The number of aliphatic hydroxyl groups is 1. The summed E-state index contributed by atoms with van der Waals surface area (Å²) in [6.07, 6.45) is 0.753. The summed E-state index contributed by atoms with van der Waals surface area (Å²) in [7, 11) is 0. The number of Topliss-reactive ketones (excluding diaryl/α,β-unsaturated/α-hetero) is 1. The van der Waals surface area contributed by atoms with Gasteiger partial charge in [0.25, 0.3) is 11.7 Å². The van der Waals surface area contributed by atoms with Crippen molar-refractivity contribution in [2.45, 2.75) is 26.3 Å². The van der Waals surface area contributed by atoms with E-state index < -0.39 is 17.7 Å². The molecule has 1 aromatic heterocycles. The number of rotatable bonds is 6. The summed E-state index contributed by atoms with van der Waals surface area (Å²) in [6, 6.07) is 10.1. The second kappa shape index (κ2) is 9.08. The van der Waals surface area contributed by atoms with Crippen LogP contribution in [0.1, 0.15) is 35.1 Å². The highest BCUT2D eigenvalue weighted by Gasteiger charge is 2.47. The minimum Gasteiger partial charge on any atom is -0.507 e. The zero-order chi connectivity index (χ0) is 22.0. The molecule has 3 heterocycles. The van der Waals surface area contributed by atoms with E-state index in [4.69, 9.17) is 9.15 Å². The Bertz CT molecular complexity index is 986. The molecule has 2 saturated heterocycles. The van der Waals surface area contributed by atoms with Crippen molar-refractivity contribution < 1.29 is 28.7 Å². The molecule has 2 aliphatic heterocycles. The standard InChI is InChI=1S/C24H28N2O5/c1-16-4-7-18(8-5-16)22(27)20-21(19-9-6-17(2)31-19)26(24(29)23(20)28)11-3-10-25-12-14-30-15-13-25/h4-9,21,27H,3,10-15H2,1-2H3/p+1/t21-/m0/s1. The summed E-state index contributed by atoms with van der Waals surface area (Å²) < 4.78 is 11.2. The molecule has 0 spiro atoms. The van der Waals surface area contributed by atoms with E-state index in [2.05, 4.69) is 0 Å². The predicted octanol–water partition coefficient (Wildman–Crippen LogP) is 1.62. The van der Waals surface area contributed by atoms with E-state index in [0.717, 1.165) is 44.8 Å². The van der Waals surface area contributed by atoms with Crippen molar-refractivity contribution in [2.24, 2.45) is 0 Å². The molecule has 31 heavy (non-hydrogen) atoms. The summed E-state index contributed by atoms with van der Waals surface area (Å²) in [5.41, 5.74) is 1.64. The van der Waals surface area contributed by atoms with Gasteiger partial charge in [0.05, 0.1) is 25.3 Å². The monoisotopic (exact) mass is 425 g/mol. The van der Waals surface area contributed by atoms with Crippen molar-refractivity contribution in [1.29, 1.82) is 0 Å². The SMILES string of the molecule is Cc1ccc(C(O)=C2C(=O)C(=O)N(CCC[NH+]3CCOCC3)[C@H]2c2ccc(C)o2)cc1. The van der Waals surface area contributed by atoms with Crippen LogP contribution in [-0.2, 0) is 14.3 Å². The number of carbonyl (C=O) groups excluding carboxylic acids is 2. The molecule has 0 aliphatic carbocycles. The van der Waals surface area contributed by atoms with Crippen molar-refractivity contribution in [2.75, 3.05) is 39.4 Å². The van der Waals surface area contributed by atoms with E-state index in [0.29, 0.717) is 23.6 Å². The lowest BCUT2D eigenvalue weighted by Gasteiger charge is -2.26. The predicted molar refractivity (Wildman–Crippen MR) is 115 cm³/mol. The summed E-state index contributed by atoms with van der Waals surface area (Å²) in [5, 5.41) is 11.0. The molecule has 2 N–H and O–H groups in total. The maximum absolute atomic E-state index is 13.0. The van der Waals surface area contributed by atoms with Gasteiger partial charge in [-0.3, -0.25) is 9.59 Å². The van der Waals surface area contributed by atoms with Crippen molar-refractivity contribution >= 4 is 17.4 Å². The zero-order valence-electron chi connectivity index (χ0n) is 18.0. The average molecular weight is 426 g/mol. The summed E-state index contributed by atoms with van der Waals surface area (Å²) in [6.45, 7) is 8.49. The van der Waals surface area contributed by atoms with Gasteiger partial charge in [0.15, 0.2) is 0 Å². The molecule has 2 aliphatic rings. The first kappa shape index (κ1) is 21.3. The van der Waals surface area contributed by atoms with Gasteiger partial charge in [-0.05, 0) is 26.0 Å². The molecular formula is C24H29N2O5+. The van der Waals surface area contributed by atoms with Crippen molar-refractivity contribution in [3.8, 4) is 0 Å². The van der Waals surface area contributed by atoms with Crippen LogP contribution in [-0.4, -0.2) is 61.1 Å². The second-order valence-corrected chi connectivity index (χ2v) is 8.27. The number of hydrogen-bond donors (Lipinski definition) is 2. The van der Waals surface area contributed by atoms with E-state index in [1.165, 1.54) is 4.90 Å². The number of likely N-dealkylation sites (tertiary alicyclic amines) is 1. The fourth-order valence-corrected chi connectivity index (χ4v) is 4.28. The van der Waals surface area contributed by atoms with Crippen LogP contribution >= 0.6 is 0 Å². The van der Waals surface area contributed by atoms with Gasteiger partial charge in [0.1, 0.15) is 36.4 Å².